The molecular formula is C35H41N5O3. The fourth-order valence-corrected chi connectivity index (χ4v) is 5.47. The van der Waals surface area contributed by atoms with Crippen molar-refractivity contribution in [2.75, 3.05) is 30.3 Å². The summed E-state index contributed by atoms with van der Waals surface area (Å²) < 4.78 is 7.61. The molecule has 0 radical (unpaired) electrons. The Hall–Kier alpha value is -4.43. The lowest BCUT2D eigenvalue weighted by atomic mass is 9.78. The third-order valence-corrected chi connectivity index (χ3v) is 7.83. The molecule has 1 aromatic heterocycles. The summed E-state index contributed by atoms with van der Waals surface area (Å²) in [5.74, 6) is 1.15. The fourth-order valence-electron chi connectivity index (χ4n) is 5.47. The van der Waals surface area contributed by atoms with Crippen LogP contribution >= 0.6 is 0 Å². The highest BCUT2D eigenvalue weighted by Crippen LogP contribution is 2.34. The smallest absolute Gasteiger partial charge is 0.324 e. The molecule has 0 saturated carbocycles. The van der Waals surface area contributed by atoms with Gasteiger partial charge in [-0.05, 0) is 80.7 Å². The Labute approximate surface area is 253 Å². The number of carbonyl (C=O) groups is 2. The summed E-state index contributed by atoms with van der Waals surface area (Å²) in [7, 11) is 0. The maximum atomic E-state index is 13.6. The number of rotatable bonds is 9. The lowest BCUT2D eigenvalue weighted by Gasteiger charge is -2.30. The highest BCUT2D eigenvalue weighted by atomic mass is 16.5. The maximum Gasteiger partial charge on any atom is 0.324 e. The van der Waals surface area contributed by atoms with Gasteiger partial charge in [-0.3, -0.25) is 10.1 Å². The Morgan fingerprint density at radius 2 is 1.67 bits per heavy atom. The third kappa shape index (κ3) is 7.70. The lowest BCUT2D eigenvalue weighted by Crippen LogP contribution is -2.35. The van der Waals surface area contributed by atoms with Crippen LogP contribution in [0.1, 0.15) is 56.4 Å². The number of aromatic nitrogens is 2. The number of nitrogens with one attached hydrogen (secondary N) is 3. The monoisotopic (exact) mass is 579 g/mol. The molecule has 2 heterocycles. The van der Waals surface area contributed by atoms with Gasteiger partial charge in [0, 0.05) is 23.1 Å². The molecule has 1 fully saturated rings. The van der Waals surface area contributed by atoms with Gasteiger partial charge in [0.25, 0.3) is 0 Å². The molecule has 1 aliphatic rings. The number of urea groups is 1. The van der Waals surface area contributed by atoms with E-state index < -0.39 is 0 Å². The Morgan fingerprint density at radius 3 is 2.37 bits per heavy atom. The summed E-state index contributed by atoms with van der Waals surface area (Å²) in [6, 6.07) is 26.6. The van der Waals surface area contributed by atoms with Crippen LogP contribution < -0.4 is 20.7 Å². The summed E-state index contributed by atoms with van der Waals surface area (Å²) >= 11 is 0. The van der Waals surface area contributed by atoms with Gasteiger partial charge >= 0.3 is 6.03 Å². The van der Waals surface area contributed by atoms with E-state index in [0.717, 1.165) is 48.4 Å². The van der Waals surface area contributed by atoms with E-state index in [4.69, 9.17) is 9.84 Å². The average molecular weight is 580 g/mol. The van der Waals surface area contributed by atoms with Crippen LogP contribution in [0.15, 0.2) is 84.9 Å². The number of ether oxygens (including phenoxy) is 1. The summed E-state index contributed by atoms with van der Waals surface area (Å²) in [4.78, 5) is 26.9. The largest absolute Gasteiger partial charge is 0.486 e. The Bertz CT molecular complexity index is 1530. The molecule has 0 aliphatic carbocycles. The van der Waals surface area contributed by atoms with Gasteiger partial charge in [-0.15, -0.1) is 0 Å². The van der Waals surface area contributed by atoms with Gasteiger partial charge in [-0.2, -0.15) is 5.10 Å². The Balaban J connectivity index is 1.35. The number of benzene rings is 3. The molecule has 3 N–H and O–H groups in total. The van der Waals surface area contributed by atoms with Crippen molar-refractivity contribution in [1.29, 1.82) is 0 Å². The minimum atomic E-state index is -0.386. The zero-order valence-corrected chi connectivity index (χ0v) is 25.4. The first kappa shape index (κ1) is 30.0. The number of Topliss-reactive ketones (excluding diaryl/α,β-unsaturated/α-hetero) is 1. The second-order valence-corrected chi connectivity index (χ2v) is 12.2. The van der Waals surface area contributed by atoms with E-state index in [2.05, 4.69) is 36.7 Å². The highest BCUT2D eigenvalue weighted by molar-refractivity contribution is 5.99. The number of amides is 2. The fraction of sp³-hybridized carbons (Fsp3) is 0.343. The molecule has 0 bridgehead atoms. The molecule has 4 aromatic rings. The summed E-state index contributed by atoms with van der Waals surface area (Å²) in [6.07, 6.45) is 1.80. The van der Waals surface area contributed by atoms with Crippen LogP contribution in [-0.2, 0) is 10.2 Å². The number of para-hydroxylation sites is 1. The van der Waals surface area contributed by atoms with Crippen molar-refractivity contribution in [2.45, 2.75) is 51.9 Å². The molecule has 1 aliphatic heterocycles. The maximum absolute atomic E-state index is 13.6. The van der Waals surface area contributed by atoms with Crippen molar-refractivity contribution in [3.05, 3.63) is 102 Å². The second-order valence-electron chi connectivity index (χ2n) is 12.2. The molecule has 1 atom stereocenters. The lowest BCUT2D eigenvalue weighted by molar-refractivity contribution is -0.124. The van der Waals surface area contributed by atoms with Crippen LogP contribution in [0.3, 0.4) is 0 Å². The molecule has 224 valence electrons. The van der Waals surface area contributed by atoms with Crippen LogP contribution in [0, 0.1) is 12.8 Å². The van der Waals surface area contributed by atoms with Crippen molar-refractivity contribution in [2.24, 2.45) is 5.92 Å². The van der Waals surface area contributed by atoms with E-state index in [1.807, 2.05) is 91.9 Å². The number of ketones is 1. The van der Waals surface area contributed by atoms with E-state index in [0.29, 0.717) is 17.3 Å². The van der Waals surface area contributed by atoms with Gasteiger partial charge in [-0.1, -0.05) is 68.8 Å². The van der Waals surface area contributed by atoms with Crippen LogP contribution in [0.4, 0.5) is 16.3 Å². The minimum Gasteiger partial charge on any atom is -0.486 e. The molecular weight excluding hydrogens is 538 g/mol. The SMILES string of the molecule is Cc1ccc(-n2nc(C(C)(C)C)cc2NC(=O)Nc2cccc(C(C(=O)COc3ccccc3)C3CCNCC3)c2)cc1. The average Bonchev–Trinajstić information content (AvgIpc) is 3.42. The zero-order valence-electron chi connectivity index (χ0n) is 25.4. The number of aryl methyl sites for hydroxylation is 1. The quantitative estimate of drug-likeness (QED) is 0.201. The standard InChI is InChI=1S/C35H41N5O3/c1-24-13-15-28(16-14-24)40-32(22-31(39-40)35(2,3)4)38-34(42)37-27-10-8-9-26(21-27)33(25-17-19-36-20-18-25)30(41)23-43-29-11-6-5-7-12-29/h5-16,21-22,25,33,36H,17-20,23H2,1-4H3,(H2,37,38,42). The number of nitrogens with zero attached hydrogens (tertiary/aromatic N) is 2. The highest BCUT2D eigenvalue weighted by Gasteiger charge is 2.31. The van der Waals surface area contributed by atoms with Gasteiger partial charge in [0.05, 0.1) is 11.4 Å². The first-order chi connectivity index (χ1) is 20.7. The van der Waals surface area contributed by atoms with Crippen LogP contribution in [-0.4, -0.2) is 41.3 Å². The van der Waals surface area contributed by atoms with E-state index >= 15 is 0 Å². The Kier molecular flexibility index (Phi) is 9.26. The number of hydrogen-bond acceptors (Lipinski definition) is 5. The molecule has 1 saturated heterocycles. The number of anilines is 2. The molecule has 3 aromatic carbocycles. The minimum absolute atomic E-state index is 0.00411. The van der Waals surface area contributed by atoms with Gasteiger partial charge in [0.15, 0.2) is 5.78 Å². The summed E-state index contributed by atoms with van der Waals surface area (Å²) in [5, 5.41) is 14.2. The van der Waals surface area contributed by atoms with E-state index in [9.17, 15) is 9.59 Å². The number of piperidine rings is 1. The molecule has 8 heteroatoms. The molecule has 2 amide bonds. The van der Waals surface area contributed by atoms with Crippen LogP contribution in [0.25, 0.3) is 5.69 Å². The topological polar surface area (TPSA) is 97.3 Å². The van der Waals surface area contributed by atoms with Gasteiger partial charge in [-0.25, -0.2) is 9.48 Å². The van der Waals surface area contributed by atoms with Crippen molar-refractivity contribution in [1.82, 2.24) is 15.1 Å². The van der Waals surface area contributed by atoms with Gasteiger partial charge in [0.2, 0.25) is 0 Å². The summed E-state index contributed by atoms with van der Waals surface area (Å²) in [5.41, 5.74) is 4.17. The molecule has 0 spiro atoms. The predicted octanol–water partition coefficient (Wildman–Crippen LogP) is 6.85. The zero-order chi connectivity index (χ0) is 30.4. The predicted molar refractivity (Wildman–Crippen MR) is 171 cm³/mol. The molecule has 5 rings (SSSR count). The second kappa shape index (κ2) is 13.3. The normalized spacial score (nSPS) is 14.6. The molecule has 1 unspecified atom stereocenters. The van der Waals surface area contributed by atoms with Gasteiger partial charge in [0.1, 0.15) is 18.2 Å². The molecule has 43 heavy (non-hydrogen) atoms. The van der Waals surface area contributed by atoms with E-state index in [1.54, 1.807) is 4.68 Å². The van der Waals surface area contributed by atoms with Crippen molar-refractivity contribution in [3.63, 3.8) is 0 Å². The van der Waals surface area contributed by atoms with Crippen LogP contribution in [0.5, 0.6) is 5.75 Å². The van der Waals surface area contributed by atoms with Gasteiger partial charge < -0.3 is 15.4 Å². The van der Waals surface area contributed by atoms with Crippen molar-refractivity contribution in [3.8, 4) is 11.4 Å². The molecule has 8 nitrogen and oxygen atoms in total. The van der Waals surface area contributed by atoms with E-state index in [-0.39, 0.29) is 35.7 Å². The number of hydrogen-bond donors (Lipinski definition) is 3. The van der Waals surface area contributed by atoms with E-state index in [1.165, 1.54) is 0 Å². The first-order valence-corrected chi connectivity index (χ1v) is 14.9. The summed E-state index contributed by atoms with van der Waals surface area (Å²) in [6.45, 7) is 10.1. The van der Waals surface area contributed by atoms with Crippen molar-refractivity contribution < 1.29 is 14.3 Å². The first-order valence-electron chi connectivity index (χ1n) is 14.9. The van der Waals surface area contributed by atoms with Crippen LogP contribution in [0.2, 0.25) is 0 Å². The third-order valence-electron chi connectivity index (χ3n) is 7.83. The number of carbonyl (C=O) groups excluding carboxylic acids is 2. The Morgan fingerprint density at radius 1 is 0.953 bits per heavy atom. The van der Waals surface area contributed by atoms with Crippen molar-refractivity contribution >= 4 is 23.3 Å².